The van der Waals surface area contributed by atoms with Crippen LogP contribution in [-0.2, 0) is 0 Å². The topological polar surface area (TPSA) is 55.1 Å². The summed E-state index contributed by atoms with van der Waals surface area (Å²) >= 11 is 0. The number of aromatic nitrogens is 3. The molecule has 1 aliphatic carbocycles. The van der Waals surface area contributed by atoms with Gasteiger partial charge in [-0.05, 0) is 36.6 Å². The van der Waals surface area contributed by atoms with Crippen LogP contribution in [0.1, 0.15) is 30.9 Å². The van der Waals surface area contributed by atoms with Gasteiger partial charge in [0.2, 0.25) is 0 Å². The maximum atomic E-state index is 6.16. The molecule has 0 bridgehead atoms. The number of furan rings is 1. The van der Waals surface area contributed by atoms with Crippen LogP contribution in [0.15, 0.2) is 59.5 Å². The molecule has 1 aliphatic heterocycles. The maximum Gasteiger partial charge on any atom is 0.196 e. The van der Waals surface area contributed by atoms with Gasteiger partial charge in [0.15, 0.2) is 11.4 Å². The molecular weight excluding hydrogens is 324 g/mol. The lowest BCUT2D eigenvalue weighted by Gasteiger charge is -2.62. The number of nitrogens with zero attached hydrogens (tertiary/aromatic N) is 4. The molecule has 2 aliphatic rings. The Kier molecular flexibility index (Phi) is 2.76. The SMILES string of the molecule is c1cncc(C2N(c3ncnc4c3oc3ccccc34)CC23CCC3)c1. The van der Waals surface area contributed by atoms with Gasteiger partial charge in [0.05, 0.1) is 6.04 Å². The van der Waals surface area contributed by atoms with Crippen LogP contribution in [0.25, 0.3) is 22.1 Å². The van der Waals surface area contributed by atoms with E-state index in [0.717, 1.165) is 34.4 Å². The first-order valence-electron chi connectivity index (χ1n) is 9.15. The van der Waals surface area contributed by atoms with E-state index in [1.807, 2.05) is 36.7 Å². The van der Waals surface area contributed by atoms with Crippen molar-refractivity contribution in [1.29, 1.82) is 0 Å². The van der Waals surface area contributed by atoms with Gasteiger partial charge in [0.1, 0.15) is 17.4 Å². The lowest BCUT2D eigenvalue weighted by molar-refractivity contribution is 0.0276. The fourth-order valence-electron chi connectivity index (χ4n) is 4.78. The molecule has 4 heterocycles. The Morgan fingerprint density at radius 1 is 1.08 bits per heavy atom. The van der Waals surface area contributed by atoms with Crippen molar-refractivity contribution in [2.24, 2.45) is 5.41 Å². The highest BCUT2D eigenvalue weighted by Crippen LogP contribution is 2.61. The Morgan fingerprint density at radius 3 is 2.81 bits per heavy atom. The van der Waals surface area contributed by atoms with Crippen LogP contribution in [0.3, 0.4) is 0 Å². The van der Waals surface area contributed by atoms with Crippen LogP contribution >= 0.6 is 0 Å². The Balaban J connectivity index is 1.52. The molecule has 1 saturated heterocycles. The highest BCUT2D eigenvalue weighted by Gasteiger charge is 2.57. The predicted molar refractivity (Wildman–Crippen MR) is 99.9 cm³/mol. The van der Waals surface area contributed by atoms with Gasteiger partial charge in [-0.15, -0.1) is 0 Å². The van der Waals surface area contributed by atoms with Crippen LogP contribution < -0.4 is 4.90 Å². The van der Waals surface area contributed by atoms with Gasteiger partial charge >= 0.3 is 0 Å². The van der Waals surface area contributed by atoms with E-state index in [2.05, 4.69) is 32.0 Å². The Bertz CT molecular complexity index is 1120. The van der Waals surface area contributed by atoms with Gasteiger partial charge in [-0.1, -0.05) is 24.6 Å². The van der Waals surface area contributed by atoms with Crippen molar-refractivity contribution in [2.75, 3.05) is 11.4 Å². The quantitative estimate of drug-likeness (QED) is 0.537. The van der Waals surface area contributed by atoms with Gasteiger partial charge in [0.25, 0.3) is 0 Å². The molecule has 4 aromatic rings. The molecule has 0 radical (unpaired) electrons. The van der Waals surface area contributed by atoms with Crippen molar-refractivity contribution in [3.63, 3.8) is 0 Å². The highest BCUT2D eigenvalue weighted by molar-refractivity contribution is 6.05. The molecule has 1 unspecified atom stereocenters. The van der Waals surface area contributed by atoms with Gasteiger partial charge in [-0.2, -0.15) is 0 Å². The fraction of sp³-hybridized carbons (Fsp3) is 0.286. The smallest absolute Gasteiger partial charge is 0.196 e. The van der Waals surface area contributed by atoms with E-state index in [0.29, 0.717) is 11.5 Å². The van der Waals surface area contributed by atoms with E-state index in [9.17, 15) is 0 Å². The average Bonchev–Trinajstić information content (AvgIpc) is 3.00. The molecule has 128 valence electrons. The van der Waals surface area contributed by atoms with Crippen molar-refractivity contribution in [3.8, 4) is 0 Å². The summed E-state index contributed by atoms with van der Waals surface area (Å²) in [7, 11) is 0. The molecule has 26 heavy (non-hydrogen) atoms. The summed E-state index contributed by atoms with van der Waals surface area (Å²) in [5, 5.41) is 1.04. The zero-order valence-electron chi connectivity index (χ0n) is 14.3. The molecule has 6 rings (SSSR count). The number of pyridine rings is 1. The summed E-state index contributed by atoms with van der Waals surface area (Å²) < 4.78 is 6.16. The normalized spacial score (nSPS) is 21.1. The predicted octanol–water partition coefficient (Wildman–Crippen LogP) is 4.50. The van der Waals surface area contributed by atoms with E-state index in [1.54, 1.807) is 6.33 Å². The van der Waals surface area contributed by atoms with Crippen molar-refractivity contribution in [2.45, 2.75) is 25.3 Å². The first-order chi connectivity index (χ1) is 12.9. The standard InChI is InChI=1S/C21H18N4O/c1-2-7-16-15(6-1)17-18(26-16)20(24-13-23-17)25-12-21(8-4-9-21)19(25)14-5-3-10-22-11-14/h1-3,5-7,10-11,13,19H,4,8-9,12H2. The third kappa shape index (κ3) is 1.77. The van der Waals surface area contributed by atoms with Gasteiger partial charge < -0.3 is 9.32 Å². The monoisotopic (exact) mass is 342 g/mol. The Morgan fingerprint density at radius 2 is 2.00 bits per heavy atom. The maximum absolute atomic E-state index is 6.16. The molecule has 2 fully saturated rings. The molecule has 1 atom stereocenters. The summed E-state index contributed by atoms with van der Waals surface area (Å²) in [5.41, 5.74) is 4.18. The Hall–Kier alpha value is -2.95. The molecule has 3 aromatic heterocycles. The zero-order valence-corrected chi connectivity index (χ0v) is 14.3. The fourth-order valence-corrected chi connectivity index (χ4v) is 4.78. The largest absolute Gasteiger partial charge is 0.450 e. The highest BCUT2D eigenvalue weighted by atomic mass is 16.3. The summed E-state index contributed by atoms with van der Waals surface area (Å²) in [6.07, 6.45) is 9.35. The molecular formula is C21H18N4O. The van der Waals surface area contributed by atoms with Gasteiger partial charge in [0, 0.05) is 29.7 Å². The first-order valence-corrected chi connectivity index (χ1v) is 9.15. The minimum atomic E-state index is 0.316. The van der Waals surface area contributed by atoms with E-state index < -0.39 is 0 Å². The number of para-hydroxylation sites is 1. The van der Waals surface area contributed by atoms with E-state index >= 15 is 0 Å². The lowest BCUT2D eigenvalue weighted by atomic mass is 9.56. The molecule has 0 amide bonds. The van der Waals surface area contributed by atoms with Crippen molar-refractivity contribution >= 4 is 27.9 Å². The van der Waals surface area contributed by atoms with Crippen LogP contribution in [0.2, 0.25) is 0 Å². The number of hydrogen-bond acceptors (Lipinski definition) is 5. The molecule has 1 spiro atoms. The van der Waals surface area contributed by atoms with Crippen molar-refractivity contribution in [3.05, 3.63) is 60.7 Å². The number of fused-ring (bicyclic) bond motifs is 3. The minimum Gasteiger partial charge on any atom is -0.450 e. The third-order valence-electron chi connectivity index (χ3n) is 6.14. The second-order valence-electron chi connectivity index (χ2n) is 7.51. The summed E-state index contributed by atoms with van der Waals surface area (Å²) in [5.74, 6) is 0.901. The summed E-state index contributed by atoms with van der Waals surface area (Å²) in [4.78, 5) is 15.9. The third-order valence-corrected chi connectivity index (χ3v) is 6.14. The van der Waals surface area contributed by atoms with Crippen LogP contribution in [0.5, 0.6) is 0 Å². The van der Waals surface area contributed by atoms with Gasteiger partial charge in [-0.25, -0.2) is 9.97 Å². The van der Waals surface area contributed by atoms with Crippen LogP contribution in [0.4, 0.5) is 5.82 Å². The van der Waals surface area contributed by atoms with E-state index in [4.69, 9.17) is 4.42 Å². The van der Waals surface area contributed by atoms with Crippen LogP contribution in [-0.4, -0.2) is 21.5 Å². The summed E-state index contributed by atoms with van der Waals surface area (Å²) in [6.45, 7) is 1.02. The molecule has 0 N–H and O–H groups in total. The Labute approximate surface area is 150 Å². The molecule has 1 aromatic carbocycles. The van der Waals surface area contributed by atoms with E-state index in [-0.39, 0.29) is 0 Å². The zero-order chi connectivity index (χ0) is 17.1. The number of anilines is 1. The molecule has 5 heteroatoms. The van der Waals surface area contributed by atoms with Crippen molar-refractivity contribution in [1.82, 2.24) is 15.0 Å². The number of rotatable bonds is 2. The first kappa shape index (κ1) is 14.2. The average molecular weight is 342 g/mol. The minimum absolute atomic E-state index is 0.316. The second kappa shape index (κ2) is 5.04. The van der Waals surface area contributed by atoms with Crippen LogP contribution in [0, 0.1) is 5.41 Å². The second-order valence-corrected chi connectivity index (χ2v) is 7.51. The summed E-state index contributed by atoms with van der Waals surface area (Å²) in [6, 6.07) is 12.6. The molecule has 5 nitrogen and oxygen atoms in total. The number of hydrogen-bond donors (Lipinski definition) is 0. The lowest BCUT2D eigenvalue weighted by Crippen LogP contribution is -2.62. The molecule has 1 saturated carbocycles. The van der Waals surface area contributed by atoms with E-state index in [1.165, 1.54) is 24.8 Å². The van der Waals surface area contributed by atoms with Gasteiger partial charge in [-0.3, -0.25) is 4.98 Å². The number of benzene rings is 1. The van der Waals surface area contributed by atoms with Crippen molar-refractivity contribution < 1.29 is 4.42 Å².